The molecule has 0 amide bonds. The second-order valence-electron chi connectivity index (χ2n) is 5.34. The van der Waals surface area contributed by atoms with Gasteiger partial charge in [-0.05, 0) is 35.7 Å². The van der Waals surface area contributed by atoms with Crippen LogP contribution in [0.15, 0.2) is 51.7 Å². The van der Waals surface area contributed by atoms with E-state index in [-0.39, 0.29) is 12.3 Å². The molecule has 3 aromatic heterocycles. The monoisotopic (exact) mass is 399 g/mol. The van der Waals surface area contributed by atoms with Crippen LogP contribution in [-0.2, 0) is 11.3 Å². The third-order valence-corrected chi connectivity index (χ3v) is 5.33. The van der Waals surface area contributed by atoms with Gasteiger partial charge < -0.3 is 14.0 Å². The van der Waals surface area contributed by atoms with Gasteiger partial charge in [0.15, 0.2) is 12.3 Å². The minimum absolute atomic E-state index is 0.0803. The Balaban J connectivity index is 1.39. The number of hydrogen-bond donors (Lipinski definition) is 0. The van der Waals surface area contributed by atoms with E-state index in [0.29, 0.717) is 11.7 Å². The van der Waals surface area contributed by atoms with Crippen LogP contribution < -0.4 is 4.74 Å². The first-order chi connectivity index (χ1) is 13.2. The topological polar surface area (TPSA) is 87.3 Å². The maximum absolute atomic E-state index is 12.2. The standard InChI is InChI=1S/C18H13N3O4S2/c1-23-12-6-4-11(5-7-12)17-19-13(10-27-17)18(22)24-9-15-20-16(25-21-15)14-3-2-8-26-14/h2-8,10H,9H2,1H3. The van der Waals surface area contributed by atoms with Crippen LogP contribution in [0.2, 0.25) is 0 Å². The van der Waals surface area contributed by atoms with E-state index < -0.39 is 5.97 Å². The maximum atomic E-state index is 12.2. The maximum Gasteiger partial charge on any atom is 0.358 e. The lowest BCUT2D eigenvalue weighted by atomic mass is 10.2. The highest BCUT2D eigenvalue weighted by Gasteiger charge is 2.16. The van der Waals surface area contributed by atoms with Crippen molar-refractivity contribution in [1.29, 1.82) is 0 Å². The molecule has 0 unspecified atom stereocenters. The summed E-state index contributed by atoms with van der Waals surface area (Å²) in [5.74, 6) is 0.939. The van der Waals surface area contributed by atoms with Crippen molar-refractivity contribution < 1.29 is 18.8 Å². The van der Waals surface area contributed by atoms with Crippen molar-refractivity contribution in [2.45, 2.75) is 6.61 Å². The highest BCUT2D eigenvalue weighted by molar-refractivity contribution is 7.13. The molecule has 4 aromatic rings. The van der Waals surface area contributed by atoms with Crippen molar-refractivity contribution in [3.05, 3.63) is 58.7 Å². The molecular weight excluding hydrogens is 386 g/mol. The van der Waals surface area contributed by atoms with Crippen LogP contribution in [0.1, 0.15) is 16.3 Å². The first kappa shape index (κ1) is 17.4. The van der Waals surface area contributed by atoms with E-state index in [1.165, 1.54) is 22.7 Å². The number of thiazole rings is 1. The van der Waals surface area contributed by atoms with Gasteiger partial charge in [-0.15, -0.1) is 22.7 Å². The highest BCUT2D eigenvalue weighted by Crippen LogP contribution is 2.26. The summed E-state index contributed by atoms with van der Waals surface area (Å²) in [6.45, 7) is -0.0803. The second kappa shape index (κ2) is 7.68. The number of methoxy groups -OCH3 is 1. The van der Waals surface area contributed by atoms with E-state index in [1.807, 2.05) is 41.8 Å². The predicted octanol–water partition coefficient (Wildman–Crippen LogP) is 4.29. The van der Waals surface area contributed by atoms with E-state index in [9.17, 15) is 4.79 Å². The lowest BCUT2D eigenvalue weighted by molar-refractivity contribution is 0.0454. The third kappa shape index (κ3) is 3.88. The molecule has 136 valence electrons. The fourth-order valence-corrected chi connectivity index (χ4v) is 3.69. The number of carbonyl (C=O) groups excluding carboxylic acids is 1. The lowest BCUT2D eigenvalue weighted by Gasteiger charge is -2.00. The normalized spacial score (nSPS) is 10.7. The number of esters is 1. The average Bonchev–Trinajstić information content (AvgIpc) is 3.47. The number of hydrogen-bond acceptors (Lipinski definition) is 9. The molecule has 27 heavy (non-hydrogen) atoms. The Morgan fingerprint density at radius 2 is 2.00 bits per heavy atom. The molecule has 0 spiro atoms. The first-order valence-electron chi connectivity index (χ1n) is 7.86. The molecule has 3 heterocycles. The molecule has 0 saturated carbocycles. The zero-order chi connectivity index (χ0) is 18.6. The van der Waals surface area contributed by atoms with Gasteiger partial charge in [-0.3, -0.25) is 0 Å². The molecule has 9 heteroatoms. The number of rotatable bonds is 6. The summed E-state index contributed by atoms with van der Waals surface area (Å²) in [6, 6.07) is 11.2. The summed E-state index contributed by atoms with van der Waals surface area (Å²) in [5.41, 5.74) is 1.14. The molecule has 0 aliphatic carbocycles. The van der Waals surface area contributed by atoms with Crippen LogP contribution in [0.25, 0.3) is 21.3 Å². The Morgan fingerprint density at radius 1 is 1.15 bits per heavy atom. The van der Waals surface area contributed by atoms with Gasteiger partial charge in [-0.1, -0.05) is 11.2 Å². The zero-order valence-corrected chi connectivity index (χ0v) is 15.8. The van der Waals surface area contributed by atoms with Crippen molar-refractivity contribution in [1.82, 2.24) is 15.1 Å². The van der Waals surface area contributed by atoms with Gasteiger partial charge in [0.2, 0.25) is 5.82 Å². The number of nitrogens with zero attached hydrogens (tertiary/aromatic N) is 3. The zero-order valence-electron chi connectivity index (χ0n) is 14.1. The van der Waals surface area contributed by atoms with Gasteiger partial charge in [-0.2, -0.15) is 4.98 Å². The van der Waals surface area contributed by atoms with Crippen LogP contribution in [0.3, 0.4) is 0 Å². The van der Waals surface area contributed by atoms with Crippen LogP contribution in [0, 0.1) is 0 Å². The molecule has 0 radical (unpaired) electrons. The number of benzene rings is 1. The largest absolute Gasteiger partial charge is 0.497 e. The van der Waals surface area contributed by atoms with Crippen molar-refractivity contribution in [3.63, 3.8) is 0 Å². The molecular formula is C18H13N3O4S2. The molecule has 0 aliphatic heterocycles. The number of ether oxygens (including phenoxy) is 2. The Labute approximate surface area is 162 Å². The van der Waals surface area contributed by atoms with E-state index >= 15 is 0 Å². The number of carbonyl (C=O) groups is 1. The van der Waals surface area contributed by atoms with Crippen molar-refractivity contribution >= 4 is 28.6 Å². The summed E-state index contributed by atoms with van der Waals surface area (Å²) < 4.78 is 15.5. The van der Waals surface area contributed by atoms with Crippen LogP contribution in [-0.4, -0.2) is 28.2 Å². The van der Waals surface area contributed by atoms with Gasteiger partial charge in [0.05, 0.1) is 12.0 Å². The minimum Gasteiger partial charge on any atom is -0.497 e. The molecule has 7 nitrogen and oxygen atoms in total. The Hall–Kier alpha value is -3.04. The van der Waals surface area contributed by atoms with E-state index in [2.05, 4.69) is 15.1 Å². The van der Waals surface area contributed by atoms with Crippen molar-refractivity contribution in [2.75, 3.05) is 7.11 Å². The highest BCUT2D eigenvalue weighted by atomic mass is 32.1. The second-order valence-corrected chi connectivity index (χ2v) is 7.14. The van der Waals surface area contributed by atoms with Gasteiger partial charge in [0.1, 0.15) is 10.8 Å². The molecule has 0 fully saturated rings. The third-order valence-electron chi connectivity index (χ3n) is 3.58. The quantitative estimate of drug-likeness (QED) is 0.447. The summed E-state index contributed by atoms with van der Waals surface area (Å²) in [5, 5.41) is 8.13. The van der Waals surface area contributed by atoms with Crippen molar-refractivity contribution in [2.24, 2.45) is 0 Å². The lowest BCUT2D eigenvalue weighted by Crippen LogP contribution is -2.06. The first-order valence-corrected chi connectivity index (χ1v) is 9.62. The van der Waals surface area contributed by atoms with Gasteiger partial charge in [0, 0.05) is 10.9 Å². The summed E-state index contributed by atoms with van der Waals surface area (Å²) in [4.78, 5) is 21.6. The van der Waals surface area contributed by atoms with Crippen molar-refractivity contribution in [3.8, 4) is 27.1 Å². The van der Waals surface area contributed by atoms with Crippen LogP contribution >= 0.6 is 22.7 Å². The van der Waals surface area contributed by atoms with E-state index in [0.717, 1.165) is 21.2 Å². The van der Waals surface area contributed by atoms with Crippen LogP contribution in [0.5, 0.6) is 5.75 Å². The molecule has 0 N–H and O–H groups in total. The van der Waals surface area contributed by atoms with E-state index in [1.54, 1.807) is 12.5 Å². The fourth-order valence-electron chi connectivity index (χ4n) is 2.25. The fraction of sp³-hybridized carbons (Fsp3) is 0.111. The Morgan fingerprint density at radius 3 is 2.74 bits per heavy atom. The number of thiophene rings is 1. The van der Waals surface area contributed by atoms with Gasteiger partial charge in [-0.25, -0.2) is 9.78 Å². The summed E-state index contributed by atoms with van der Waals surface area (Å²) >= 11 is 2.86. The van der Waals surface area contributed by atoms with E-state index in [4.69, 9.17) is 14.0 Å². The van der Waals surface area contributed by atoms with Gasteiger partial charge >= 0.3 is 5.97 Å². The molecule has 0 bridgehead atoms. The number of aromatic nitrogens is 3. The predicted molar refractivity (Wildman–Crippen MR) is 101 cm³/mol. The van der Waals surface area contributed by atoms with Crippen LogP contribution in [0.4, 0.5) is 0 Å². The Bertz CT molecular complexity index is 1040. The minimum atomic E-state index is -0.534. The van der Waals surface area contributed by atoms with Gasteiger partial charge in [0.25, 0.3) is 5.89 Å². The molecule has 1 aromatic carbocycles. The molecule has 4 rings (SSSR count). The smallest absolute Gasteiger partial charge is 0.358 e. The summed E-state index contributed by atoms with van der Waals surface area (Å²) in [7, 11) is 1.61. The molecule has 0 atom stereocenters. The summed E-state index contributed by atoms with van der Waals surface area (Å²) in [6.07, 6.45) is 0. The SMILES string of the molecule is COc1ccc(-c2nc(C(=O)OCc3noc(-c4cccs4)n3)cs2)cc1. The molecule has 0 saturated heterocycles. The molecule has 0 aliphatic rings. The average molecular weight is 399 g/mol. The Kier molecular flexibility index (Phi) is 4.95.